The Morgan fingerprint density at radius 3 is 2.83 bits per heavy atom. The van der Waals surface area contributed by atoms with Crippen LogP contribution >= 0.6 is 0 Å². The van der Waals surface area contributed by atoms with Gasteiger partial charge in [-0.1, -0.05) is 6.07 Å². The monoisotopic (exact) mass is 312 g/mol. The summed E-state index contributed by atoms with van der Waals surface area (Å²) in [5.74, 6) is 1.10. The van der Waals surface area contributed by atoms with Crippen molar-refractivity contribution in [1.29, 1.82) is 0 Å². The summed E-state index contributed by atoms with van der Waals surface area (Å²) in [4.78, 5) is 28.8. The van der Waals surface area contributed by atoms with Crippen molar-refractivity contribution in [3.05, 3.63) is 42.1 Å². The summed E-state index contributed by atoms with van der Waals surface area (Å²) in [5, 5.41) is 3.30. The Morgan fingerprint density at radius 1 is 1.17 bits per heavy atom. The van der Waals surface area contributed by atoms with Gasteiger partial charge in [0, 0.05) is 51.0 Å². The fourth-order valence-electron chi connectivity index (χ4n) is 3.30. The first-order valence-electron chi connectivity index (χ1n) is 8.03. The van der Waals surface area contributed by atoms with E-state index in [9.17, 15) is 4.79 Å². The van der Waals surface area contributed by atoms with E-state index >= 15 is 0 Å². The fraction of sp³-hybridized carbons (Fsp3) is 0.438. The summed E-state index contributed by atoms with van der Waals surface area (Å²) in [6.07, 6.45) is 4.38. The van der Waals surface area contributed by atoms with Crippen LogP contribution in [0.1, 0.15) is 17.4 Å². The van der Waals surface area contributed by atoms with Crippen molar-refractivity contribution in [2.24, 2.45) is 0 Å². The van der Waals surface area contributed by atoms with Gasteiger partial charge in [-0.15, -0.1) is 0 Å². The molecule has 7 nitrogen and oxygen atoms in total. The molecule has 1 saturated heterocycles. The first-order valence-corrected chi connectivity index (χ1v) is 8.03. The Balaban J connectivity index is 1.42. The molecule has 0 spiro atoms. The van der Waals surface area contributed by atoms with Crippen LogP contribution in [0.3, 0.4) is 0 Å². The molecule has 7 heteroatoms. The molecule has 2 aliphatic rings. The number of carbonyl (C=O) groups excluding carboxylic acids is 1. The zero-order valence-corrected chi connectivity index (χ0v) is 12.9. The van der Waals surface area contributed by atoms with Crippen LogP contribution in [0, 0.1) is 0 Å². The number of aromatic nitrogens is 3. The number of carbonyl (C=O) groups is 1. The number of hydrogen-bond acceptors (Lipinski definition) is 5. The van der Waals surface area contributed by atoms with Crippen molar-refractivity contribution >= 4 is 11.7 Å². The average Bonchev–Trinajstić information content (AvgIpc) is 3.11. The topological polar surface area (TPSA) is 77.2 Å². The van der Waals surface area contributed by atoms with Gasteiger partial charge < -0.3 is 20.1 Å². The predicted octanol–water partition coefficient (Wildman–Crippen LogP) is 0.340. The number of amides is 1. The molecule has 2 N–H and O–H groups in total. The van der Waals surface area contributed by atoms with Crippen molar-refractivity contribution < 1.29 is 4.79 Å². The summed E-state index contributed by atoms with van der Waals surface area (Å²) in [6, 6.07) is 5.60. The summed E-state index contributed by atoms with van der Waals surface area (Å²) in [7, 11) is 0. The van der Waals surface area contributed by atoms with Gasteiger partial charge in [0.05, 0.1) is 12.0 Å². The Morgan fingerprint density at radius 2 is 2.04 bits per heavy atom. The number of nitrogens with zero attached hydrogens (tertiary/aromatic N) is 4. The molecule has 2 aliphatic heterocycles. The second kappa shape index (κ2) is 6.00. The Hall–Kier alpha value is -2.41. The minimum atomic E-state index is -0.314. The SMILES string of the molecule is O=C(C1NCCc2[nH]cnc21)N1CCN(c2ccccn2)CC1. The summed E-state index contributed by atoms with van der Waals surface area (Å²) >= 11 is 0. The van der Waals surface area contributed by atoms with Crippen LogP contribution in [0.15, 0.2) is 30.7 Å². The molecule has 0 aliphatic carbocycles. The molecule has 0 bridgehead atoms. The fourth-order valence-corrected chi connectivity index (χ4v) is 3.30. The highest BCUT2D eigenvalue weighted by atomic mass is 16.2. The maximum Gasteiger partial charge on any atom is 0.246 e. The maximum atomic E-state index is 12.8. The Kier molecular flexibility index (Phi) is 3.70. The lowest BCUT2D eigenvalue weighted by molar-refractivity contribution is -0.134. The molecule has 1 amide bonds. The number of nitrogens with one attached hydrogen (secondary N) is 2. The number of fused-ring (bicyclic) bond motifs is 1. The van der Waals surface area contributed by atoms with Crippen molar-refractivity contribution in [2.45, 2.75) is 12.5 Å². The van der Waals surface area contributed by atoms with Crippen molar-refractivity contribution in [1.82, 2.24) is 25.2 Å². The number of aromatic amines is 1. The molecule has 2 aromatic rings. The third-order valence-corrected chi connectivity index (χ3v) is 4.56. The molecule has 4 rings (SSSR count). The molecule has 2 aromatic heterocycles. The lowest BCUT2D eigenvalue weighted by atomic mass is 10.0. The minimum Gasteiger partial charge on any atom is -0.353 e. The molecule has 120 valence electrons. The summed E-state index contributed by atoms with van der Waals surface area (Å²) in [6.45, 7) is 3.85. The maximum absolute atomic E-state index is 12.8. The third-order valence-electron chi connectivity index (χ3n) is 4.56. The van der Waals surface area contributed by atoms with Gasteiger partial charge in [0.1, 0.15) is 11.9 Å². The lowest BCUT2D eigenvalue weighted by Crippen LogP contribution is -2.52. The average molecular weight is 312 g/mol. The van der Waals surface area contributed by atoms with Gasteiger partial charge in [-0.25, -0.2) is 9.97 Å². The molecular formula is C16H20N6O. The number of rotatable bonds is 2. The number of pyridine rings is 1. The molecule has 4 heterocycles. The normalized spacial score (nSPS) is 21.1. The Labute approximate surface area is 134 Å². The van der Waals surface area contributed by atoms with Crippen molar-refractivity contribution in [2.75, 3.05) is 37.6 Å². The van der Waals surface area contributed by atoms with Crippen LogP contribution in [-0.4, -0.2) is 58.5 Å². The second-order valence-corrected chi connectivity index (χ2v) is 5.90. The summed E-state index contributed by atoms with van der Waals surface area (Å²) < 4.78 is 0. The minimum absolute atomic E-state index is 0.124. The van der Waals surface area contributed by atoms with Crippen LogP contribution < -0.4 is 10.2 Å². The molecule has 1 fully saturated rings. The van der Waals surface area contributed by atoms with Crippen molar-refractivity contribution in [3.63, 3.8) is 0 Å². The van der Waals surface area contributed by atoms with E-state index in [1.54, 1.807) is 12.5 Å². The third kappa shape index (κ3) is 2.68. The number of piperazine rings is 1. The molecule has 1 atom stereocenters. The van der Waals surface area contributed by atoms with Gasteiger partial charge in [-0.3, -0.25) is 4.79 Å². The lowest BCUT2D eigenvalue weighted by Gasteiger charge is -2.37. The quantitative estimate of drug-likeness (QED) is 0.836. The molecule has 1 unspecified atom stereocenters. The zero-order chi connectivity index (χ0) is 15.6. The van der Waals surface area contributed by atoms with E-state index in [1.807, 2.05) is 23.1 Å². The zero-order valence-electron chi connectivity index (χ0n) is 12.9. The van der Waals surface area contributed by atoms with Gasteiger partial charge >= 0.3 is 0 Å². The Bertz CT molecular complexity index is 677. The molecule has 23 heavy (non-hydrogen) atoms. The highest BCUT2D eigenvalue weighted by Gasteiger charge is 2.33. The number of H-pyrrole nitrogens is 1. The smallest absolute Gasteiger partial charge is 0.246 e. The largest absolute Gasteiger partial charge is 0.353 e. The second-order valence-electron chi connectivity index (χ2n) is 5.90. The van der Waals surface area contributed by atoms with Crippen LogP contribution in [0.2, 0.25) is 0 Å². The molecule has 0 radical (unpaired) electrons. The number of hydrogen-bond donors (Lipinski definition) is 2. The first kappa shape index (κ1) is 14.2. The predicted molar refractivity (Wildman–Crippen MR) is 86.1 cm³/mol. The van der Waals surface area contributed by atoms with Gasteiger partial charge in [-0.2, -0.15) is 0 Å². The standard InChI is InChI=1S/C16H20N6O/c23-16(15-14-12(4-6-18-15)19-11-20-14)22-9-7-21(8-10-22)13-3-1-2-5-17-13/h1-3,5,11,15,18H,4,6-10H2,(H,19,20). The van der Waals surface area contributed by atoms with Crippen LogP contribution in [0.5, 0.6) is 0 Å². The van der Waals surface area contributed by atoms with Gasteiger partial charge in [0.15, 0.2) is 0 Å². The van der Waals surface area contributed by atoms with E-state index in [2.05, 4.69) is 25.2 Å². The van der Waals surface area contributed by atoms with Gasteiger partial charge in [0.25, 0.3) is 0 Å². The van der Waals surface area contributed by atoms with E-state index in [0.717, 1.165) is 43.3 Å². The summed E-state index contributed by atoms with van der Waals surface area (Å²) in [5.41, 5.74) is 1.93. The van der Waals surface area contributed by atoms with E-state index in [1.165, 1.54) is 0 Å². The van der Waals surface area contributed by atoms with Gasteiger partial charge in [0.2, 0.25) is 5.91 Å². The highest BCUT2D eigenvalue weighted by molar-refractivity contribution is 5.83. The van der Waals surface area contributed by atoms with E-state index in [4.69, 9.17) is 0 Å². The molecular weight excluding hydrogens is 292 g/mol. The van der Waals surface area contributed by atoms with E-state index < -0.39 is 0 Å². The number of imidazole rings is 1. The van der Waals surface area contributed by atoms with Gasteiger partial charge in [-0.05, 0) is 12.1 Å². The van der Waals surface area contributed by atoms with Crippen LogP contribution in [0.25, 0.3) is 0 Å². The van der Waals surface area contributed by atoms with E-state index in [0.29, 0.717) is 13.1 Å². The number of anilines is 1. The highest BCUT2D eigenvalue weighted by Crippen LogP contribution is 2.22. The van der Waals surface area contributed by atoms with Crippen molar-refractivity contribution in [3.8, 4) is 0 Å². The first-order chi connectivity index (χ1) is 11.3. The van der Waals surface area contributed by atoms with Crippen LogP contribution in [0.4, 0.5) is 5.82 Å². The van der Waals surface area contributed by atoms with E-state index in [-0.39, 0.29) is 11.9 Å². The molecule has 0 saturated carbocycles. The van der Waals surface area contributed by atoms with Crippen LogP contribution in [-0.2, 0) is 11.2 Å². The molecule has 0 aromatic carbocycles.